The first kappa shape index (κ1) is 11.1. The fraction of sp³-hybridized carbons (Fsp3) is 0.182. The lowest BCUT2D eigenvalue weighted by atomic mass is 10.2. The van der Waals surface area contributed by atoms with Crippen molar-refractivity contribution in [3.05, 3.63) is 52.6 Å². The van der Waals surface area contributed by atoms with Gasteiger partial charge in [-0.05, 0) is 6.07 Å². The van der Waals surface area contributed by atoms with Crippen molar-refractivity contribution in [3.8, 4) is 0 Å². The molecule has 6 heteroatoms. The van der Waals surface area contributed by atoms with Crippen molar-refractivity contribution in [3.63, 3.8) is 0 Å². The number of nitrogens with zero attached hydrogens (tertiary/aromatic N) is 3. The Morgan fingerprint density at radius 2 is 2.24 bits per heavy atom. The van der Waals surface area contributed by atoms with Crippen LogP contribution in [0.25, 0.3) is 0 Å². The van der Waals surface area contributed by atoms with Crippen molar-refractivity contribution >= 4 is 11.4 Å². The number of aromatic nitrogens is 2. The van der Waals surface area contributed by atoms with Gasteiger partial charge in [-0.2, -0.15) is 0 Å². The molecule has 0 saturated carbocycles. The number of hydrogen-bond donors (Lipinski definition) is 1. The van der Waals surface area contributed by atoms with E-state index in [1.165, 1.54) is 6.07 Å². The van der Waals surface area contributed by atoms with Gasteiger partial charge in [0.2, 0.25) is 0 Å². The summed E-state index contributed by atoms with van der Waals surface area (Å²) in [5.41, 5.74) is 0.571. The molecule has 6 nitrogen and oxygen atoms in total. The van der Waals surface area contributed by atoms with Crippen LogP contribution >= 0.6 is 0 Å². The number of imidazole rings is 1. The molecule has 0 aliphatic rings. The van der Waals surface area contributed by atoms with Crippen molar-refractivity contribution in [2.75, 3.05) is 5.32 Å². The second-order valence-corrected chi connectivity index (χ2v) is 3.58. The van der Waals surface area contributed by atoms with Crippen LogP contribution in [0.5, 0.6) is 0 Å². The van der Waals surface area contributed by atoms with Crippen molar-refractivity contribution in [2.24, 2.45) is 7.05 Å². The molecular weight excluding hydrogens is 220 g/mol. The van der Waals surface area contributed by atoms with Crippen LogP contribution in [0.1, 0.15) is 5.82 Å². The number of nitro groups is 1. The van der Waals surface area contributed by atoms with Crippen LogP contribution < -0.4 is 5.32 Å². The van der Waals surface area contributed by atoms with Crippen molar-refractivity contribution in [1.29, 1.82) is 0 Å². The van der Waals surface area contributed by atoms with Gasteiger partial charge in [0.1, 0.15) is 11.5 Å². The van der Waals surface area contributed by atoms with Crippen molar-refractivity contribution < 1.29 is 4.92 Å². The Labute approximate surface area is 98.1 Å². The highest BCUT2D eigenvalue weighted by Crippen LogP contribution is 2.23. The fourth-order valence-electron chi connectivity index (χ4n) is 1.52. The monoisotopic (exact) mass is 232 g/mol. The van der Waals surface area contributed by atoms with Gasteiger partial charge in [-0.3, -0.25) is 10.1 Å². The van der Waals surface area contributed by atoms with Crippen LogP contribution in [-0.4, -0.2) is 14.5 Å². The molecule has 2 aromatic rings. The lowest BCUT2D eigenvalue weighted by molar-refractivity contribution is -0.384. The van der Waals surface area contributed by atoms with Gasteiger partial charge in [-0.15, -0.1) is 0 Å². The van der Waals surface area contributed by atoms with E-state index in [-0.39, 0.29) is 5.69 Å². The summed E-state index contributed by atoms with van der Waals surface area (Å²) in [6.45, 7) is 0.453. The Morgan fingerprint density at radius 3 is 2.88 bits per heavy atom. The number of anilines is 1. The summed E-state index contributed by atoms with van der Waals surface area (Å²) < 4.78 is 1.86. The van der Waals surface area contributed by atoms with Gasteiger partial charge in [-0.1, -0.05) is 12.1 Å². The summed E-state index contributed by atoms with van der Waals surface area (Å²) in [4.78, 5) is 14.5. The Balaban J connectivity index is 2.14. The molecular formula is C11H12N4O2. The molecule has 0 amide bonds. The number of rotatable bonds is 4. The number of nitrogens with one attached hydrogen (secondary N) is 1. The minimum Gasteiger partial charge on any atom is -0.372 e. The van der Waals surface area contributed by atoms with E-state index in [1.807, 2.05) is 17.8 Å². The molecule has 0 fully saturated rings. The highest BCUT2D eigenvalue weighted by atomic mass is 16.6. The molecule has 0 atom stereocenters. The first-order chi connectivity index (χ1) is 8.18. The molecule has 2 rings (SSSR count). The molecule has 0 bridgehead atoms. The molecule has 17 heavy (non-hydrogen) atoms. The summed E-state index contributed by atoms with van der Waals surface area (Å²) >= 11 is 0. The number of hydrogen-bond acceptors (Lipinski definition) is 4. The van der Waals surface area contributed by atoms with Crippen LogP contribution in [0.2, 0.25) is 0 Å². The summed E-state index contributed by atoms with van der Waals surface area (Å²) in [5, 5.41) is 13.8. The highest BCUT2D eigenvalue weighted by molar-refractivity contribution is 5.60. The predicted molar refractivity (Wildman–Crippen MR) is 63.6 cm³/mol. The number of nitro benzene ring substituents is 1. The summed E-state index contributed by atoms with van der Waals surface area (Å²) in [6.07, 6.45) is 3.52. The SMILES string of the molecule is Cn1ccnc1CNc1ccccc1[N+](=O)[O-]. The first-order valence-electron chi connectivity index (χ1n) is 5.12. The maximum Gasteiger partial charge on any atom is 0.292 e. The predicted octanol–water partition coefficient (Wildman–Crippen LogP) is 1.94. The Hall–Kier alpha value is -2.37. The summed E-state index contributed by atoms with van der Waals surface area (Å²) in [5.74, 6) is 0.822. The molecule has 1 aromatic heterocycles. The van der Waals surface area contributed by atoms with E-state index in [2.05, 4.69) is 10.3 Å². The van der Waals surface area contributed by atoms with Gasteiger partial charge in [0.05, 0.1) is 11.5 Å². The van der Waals surface area contributed by atoms with Gasteiger partial charge in [0.15, 0.2) is 0 Å². The normalized spacial score (nSPS) is 10.2. The number of benzene rings is 1. The largest absolute Gasteiger partial charge is 0.372 e. The standard InChI is InChI=1S/C11H12N4O2/c1-14-7-6-12-11(14)8-13-9-4-2-3-5-10(9)15(16)17/h2-7,13H,8H2,1H3. The van der Waals surface area contributed by atoms with Gasteiger partial charge in [0.25, 0.3) is 5.69 Å². The molecule has 0 aliphatic carbocycles. The van der Waals surface area contributed by atoms with E-state index in [9.17, 15) is 10.1 Å². The lowest BCUT2D eigenvalue weighted by Crippen LogP contribution is -2.07. The fourth-order valence-corrected chi connectivity index (χ4v) is 1.52. The van der Waals surface area contributed by atoms with Crippen LogP contribution in [0.4, 0.5) is 11.4 Å². The van der Waals surface area contributed by atoms with Gasteiger partial charge in [-0.25, -0.2) is 4.98 Å². The minimum absolute atomic E-state index is 0.0710. The van der Waals surface area contributed by atoms with E-state index in [4.69, 9.17) is 0 Å². The molecule has 0 unspecified atom stereocenters. The van der Waals surface area contributed by atoms with E-state index in [1.54, 1.807) is 24.4 Å². The average Bonchev–Trinajstić information content (AvgIpc) is 2.72. The molecule has 1 heterocycles. The van der Waals surface area contributed by atoms with E-state index < -0.39 is 4.92 Å². The minimum atomic E-state index is -0.402. The number of aryl methyl sites for hydroxylation is 1. The Kier molecular flexibility index (Phi) is 3.04. The zero-order chi connectivity index (χ0) is 12.3. The summed E-state index contributed by atoms with van der Waals surface area (Å²) in [6, 6.07) is 6.56. The third-order valence-corrected chi connectivity index (χ3v) is 2.46. The third-order valence-electron chi connectivity index (χ3n) is 2.46. The first-order valence-corrected chi connectivity index (χ1v) is 5.12. The number of para-hydroxylation sites is 2. The maximum absolute atomic E-state index is 10.8. The molecule has 0 aliphatic heterocycles. The smallest absolute Gasteiger partial charge is 0.292 e. The quantitative estimate of drug-likeness (QED) is 0.645. The molecule has 1 aromatic carbocycles. The average molecular weight is 232 g/mol. The molecule has 0 radical (unpaired) electrons. The molecule has 0 saturated heterocycles. The van der Waals surface area contributed by atoms with Crippen LogP contribution in [-0.2, 0) is 13.6 Å². The highest BCUT2D eigenvalue weighted by Gasteiger charge is 2.12. The second kappa shape index (κ2) is 4.65. The zero-order valence-electron chi connectivity index (χ0n) is 9.33. The second-order valence-electron chi connectivity index (χ2n) is 3.58. The summed E-state index contributed by atoms with van der Waals surface area (Å²) in [7, 11) is 1.88. The van der Waals surface area contributed by atoms with Crippen LogP contribution in [0.15, 0.2) is 36.7 Å². The molecule has 88 valence electrons. The van der Waals surface area contributed by atoms with E-state index in [0.717, 1.165) is 5.82 Å². The van der Waals surface area contributed by atoms with Gasteiger partial charge in [0, 0.05) is 25.5 Å². The maximum atomic E-state index is 10.8. The van der Waals surface area contributed by atoms with Gasteiger partial charge >= 0.3 is 0 Å². The Morgan fingerprint density at radius 1 is 1.47 bits per heavy atom. The molecule has 1 N–H and O–H groups in total. The van der Waals surface area contributed by atoms with Crippen molar-refractivity contribution in [2.45, 2.75) is 6.54 Å². The van der Waals surface area contributed by atoms with E-state index >= 15 is 0 Å². The van der Waals surface area contributed by atoms with Crippen molar-refractivity contribution in [1.82, 2.24) is 9.55 Å². The Bertz CT molecular complexity index is 536. The van der Waals surface area contributed by atoms with E-state index in [0.29, 0.717) is 12.2 Å². The topological polar surface area (TPSA) is 73.0 Å². The van der Waals surface area contributed by atoms with Crippen LogP contribution in [0.3, 0.4) is 0 Å². The van der Waals surface area contributed by atoms with Crippen LogP contribution in [0, 0.1) is 10.1 Å². The lowest BCUT2D eigenvalue weighted by Gasteiger charge is -2.06. The molecule has 0 spiro atoms. The third kappa shape index (κ3) is 2.41. The van der Waals surface area contributed by atoms with Gasteiger partial charge < -0.3 is 9.88 Å². The zero-order valence-corrected chi connectivity index (χ0v) is 9.33.